The molecule has 0 bridgehead atoms. The molecule has 0 unspecified atom stereocenters. The van der Waals surface area contributed by atoms with Crippen molar-refractivity contribution in [2.75, 3.05) is 29.1 Å². The van der Waals surface area contributed by atoms with Crippen molar-refractivity contribution in [3.05, 3.63) is 56.7 Å². The highest BCUT2D eigenvalue weighted by atomic mass is 35.5. The van der Waals surface area contributed by atoms with Gasteiger partial charge >= 0.3 is 0 Å². The number of nitrogens with zero attached hydrogens (tertiary/aromatic N) is 1. The third kappa shape index (κ3) is 6.89. The van der Waals surface area contributed by atoms with E-state index in [-0.39, 0.29) is 16.6 Å². The Morgan fingerprint density at radius 2 is 1.71 bits per heavy atom. The number of halogens is 1. The van der Waals surface area contributed by atoms with Crippen LogP contribution in [0, 0.1) is 0 Å². The first-order valence-corrected chi connectivity index (χ1v) is 15.7. The summed E-state index contributed by atoms with van der Waals surface area (Å²) in [6.45, 7) is 12.5. The van der Waals surface area contributed by atoms with Gasteiger partial charge in [0.25, 0.3) is 11.8 Å². The van der Waals surface area contributed by atoms with Crippen LogP contribution >= 0.6 is 34.5 Å². The lowest BCUT2D eigenvalue weighted by Gasteiger charge is -2.36. The summed E-state index contributed by atoms with van der Waals surface area (Å²) in [5, 5.41) is 10.7. The van der Waals surface area contributed by atoms with Gasteiger partial charge in [0.05, 0.1) is 21.5 Å². The second-order valence-corrected chi connectivity index (χ2v) is 16.4. The normalized spacial score (nSPS) is 11.8. The number of hydrogen-bond acceptors (Lipinski definition) is 7. The van der Waals surface area contributed by atoms with Gasteiger partial charge in [0, 0.05) is 23.3 Å². The molecule has 3 aromatic rings. The quantitative estimate of drug-likeness (QED) is 0.207. The molecule has 0 saturated heterocycles. The number of anilines is 3. The van der Waals surface area contributed by atoms with E-state index in [0.717, 1.165) is 17.2 Å². The van der Waals surface area contributed by atoms with Gasteiger partial charge in [-0.15, -0.1) is 11.3 Å². The Morgan fingerprint density at radius 1 is 1.03 bits per heavy atom. The van der Waals surface area contributed by atoms with Crippen LogP contribution in [-0.2, 0) is 4.43 Å². The van der Waals surface area contributed by atoms with Crippen LogP contribution in [0.3, 0.4) is 0 Å². The third-order valence-corrected chi connectivity index (χ3v) is 12.1. The van der Waals surface area contributed by atoms with E-state index in [9.17, 15) is 9.59 Å². The van der Waals surface area contributed by atoms with Crippen LogP contribution in [0.1, 0.15) is 40.9 Å². The topological polar surface area (TPSA) is 92.3 Å². The Balaban J connectivity index is 1.52. The van der Waals surface area contributed by atoms with Crippen LogP contribution in [0.5, 0.6) is 0 Å². The fraction of sp³-hybridized carbons (Fsp3) is 0.348. The number of rotatable bonds is 9. The fourth-order valence-corrected chi connectivity index (χ4v) is 5.29. The molecule has 0 radical (unpaired) electrons. The van der Waals surface area contributed by atoms with Crippen molar-refractivity contribution < 1.29 is 14.0 Å². The first-order chi connectivity index (χ1) is 16.0. The minimum absolute atomic E-state index is 0.158. The lowest BCUT2D eigenvalue weighted by Crippen LogP contribution is -2.41. The van der Waals surface area contributed by atoms with E-state index in [2.05, 4.69) is 54.2 Å². The zero-order valence-electron chi connectivity index (χ0n) is 19.8. The van der Waals surface area contributed by atoms with E-state index >= 15 is 0 Å². The first kappa shape index (κ1) is 26.4. The van der Waals surface area contributed by atoms with Gasteiger partial charge in [0.2, 0.25) is 0 Å². The van der Waals surface area contributed by atoms with E-state index in [1.807, 2.05) is 24.3 Å². The molecule has 11 heteroatoms. The predicted octanol–water partition coefficient (Wildman–Crippen LogP) is 6.80. The summed E-state index contributed by atoms with van der Waals surface area (Å²) in [7, 11) is -1.75. The second-order valence-electron chi connectivity index (χ2n) is 9.20. The molecular weight excluding hydrogens is 508 g/mol. The summed E-state index contributed by atoms with van der Waals surface area (Å²) < 4.78 is 10.8. The van der Waals surface area contributed by atoms with Crippen LogP contribution in [0.25, 0.3) is 0 Å². The maximum Gasteiger partial charge on any atom is 0.277 e. The van der Waals surface area contributed by atoms with Crippen LogP contribution < -0.4 is 16.0 Å². The minimum atomic E-state index is -1.75. The highest BCUT2D eigenvalue weighted by Crippen LogP contribution is 2.36. The van der Waals surface area contributed by atoms with E-state index in [1.54, 1.807) is 17.5 Å². The molecule has 7 nitrogen and oxygen atoms in total. The molecule has 0 saturated carbocycles. The molecule has 0 aliphatic heterocycles. The monoisotopic (exact) mass is 536 g/mol. The highest BCUT2D eigenvalue weighted by molar-refractivity contribution is 7.18. The van der Waals surface area contributed by atoms with Gasteiger partial charge in [-0.1, -0.05) is 32.4 Å². The van der Waals surface area contributed by atoms with Crippen molar-refractivity contribution >= 4 is 71.7 Å². The molecule has 0 spiro atoms. The average molecular weight is 537 g/mol. The molecule has 2 heterocycles. The molecule has 0 aliphatic rings. The van der Waals surface area contributed by atoms with E-state index in [0.29, 0.717) is 33.7 Å². The molecule has 2 aromatic heterocycles. The summed E-state index contributed by atoms with van der Waals surface area (Å²) in [4.78, 5) is 25.6. The molecule has 3 N–H and O–H groups in total. The molecule has 0 fully saturated rings. The van der Waals surface area contributed by atoms with Gasteiger partial charge in [-0.05, 0) is 66.1 Å². The van der Waals surface area contributed by atoms with Crippen molar-refractivity contribution in [2.45, 2.75) is 38.9 Å². The van der Waals surface area contributed by atoms with Crippen molar-refractivity contribution in [3.8, 4) is 0 Å². The van der Waals surface area contributed by atoms with Gasteiger partial charge in [-0.25, -0.2) is 0 Å². The summed E-state index contributed by atoms with van der Waals surface area (Å²) in [6.07, 6.45) is 0. The number of benzene rings is 1. The number of nitrogens with one attached hydrogen (secondary N) is 3. The van der Waals surface area contributed by atoms with Gasteiger partial charge < -0.3 is 20.4 Å². The van der Waals surface area contributed by atoms with Gasteiger partial charge in [-0.2, -0.15) is 4.37 Å². The van der Waals surface area contributed by atoms with E-state index in [4.69, 9.17) is 16.0 Å². The third-order valence-electron chi connectivity index (χ3n) is 5.67. The summed E-state index contributed by atoms with van der Waals surface area (Å²) >= 11 is 8.16. The SMILES string of the molecule is CC(C)(C)[Si](C)(C)OCCNc1ccc(NC(=O)c2nscc2NC(=O)c2ccc(Cl)s2)cc1. The van der Waals surface area contributed by atoms with Crippen molar-refractivity contribution in [2.24, 2.45) is 0 Å². The number of carbonyl (C=O) groups excluding carboxylic acids is 2. The molecule has 0 aliphatic carbocycles. The summed E-state index contributed by atoms with van der Waals surface area (Å²) in [5.74, 6) is -0.733. The van der Waals surface area contributed by atoms with Gasteiger partial charge in [0.1, 0.15) is 0 Å². The van der Waals surface area contributed by atoms with Crippen LogP contribution in [0.4, 0.5) is 17.1 Å². The van der Waals surface area contributed by atoms with Crippen molar-refractivity contribution in [3.63, 3.8) is 0 Å². The van der Waals surface area contributed by atoms with E-state index < -0.39 is 14.2 Å². The predicted molar refractivity (Wildman–Crippen MR) is 145 cm³/mol. The second kappa shape index (κ2) is 11.0. The largest absolute Gasteiger partial charge is 0.415 e. The lowest BCUT2D eigenvalue weighted by atomic mass is 10.2. The average Bonchev–Trinajstić information content (AvgIpc) is 3.40. The van der Waals surface area contributed by atoms with Crippen LogP contribution in [0.15, 0.2) is 41.8 Å². The van der Waals surface area contributed by atoms with E-state index in [1.165, 1.54) is 11.3 Å². The molecule has 182 valence electrons. The molecule has 1 aromatic carbocycles. The Morgan fingerprint density at radius 3 is 2.32 bits per heavy atom. The standard InChI is InChI=1S/C23H29ClN4O3S2Si/c1-23(2,3)34(4,5)31-13-12-25-15-6-8-16(9-7-15)26-22(30)20-17(14-32-28-20)27-21(29)18-10-11-19(24)33-18/h6-11,14,25H,12-13H2,1-5H3,(H,26,30)(H,27,29). The number of thiophene rings is 1. The molecule has 2 amide bonds. The Kier molecular flexibility index (Phi) is 8.53. The highest BCUT2D eigenvalue weighted by Gasteiger charge is 2.36. The first-order valence-electron chi connectivity index (χ1n) is 10.8. The molecule has 0 atom stereocenters. The van der Waals surface area contributed by atoms with Crippen molar-refractivity contribution in [1.82, 2.24) is 4.37 Å². The molecule has 34 heavy (non-hydrogen) atoms. The zero-order chi connectivity index (χ0) is 24.9. The smallest absolute Gasteiger partial charge is 0.277 e. The number of carbonyl (C=O) groups is 2. The molecule has 3 rings (SSSR count). The fourth-order valence-electron chi connectivity index (χ4n) is 2.69. The van der Waals surface area contributed by atoms with Gasteiger partial charge in [-0.3, -0.25) is 9.59 Å². The Bertz CT molecular complexity index is 1140. The number of amides is 2. The Hall–Kier alpha value is -2.24. The van der Waals surface area contributed by atoms with Crippen LogP contribution in [0.2, 0.25) is 22.5 Å². The van der Waals surface area contributed by atoms with Gasteiger partial charge in [0.15, 0.2) is 14.0 Å². The maximum absolute atomic E-state index is 12.7. The number of aromatic nitrogens is 1. The zero-order valence-corrected chi connectivity index (χ0v) is 23.2. The summed E-state index contributed by atoms with van der Waals surface area (Å²) in [6, 6.07) is 10.7. The minimum Gasteiger partial charge on any atom is -0.415 e. The van der Waals surface area contributed by atoms with Crippen molar-refractivity contribution in [1.29, 1.82) is 0 Å². The number of hydrogen-bond donors (Lipinski definition) is 3. The summed E-state index contributed by atoms with van der Waals surface area (Å²) in [5.41, 5.74) is 2.08. The van der Waals surface area contributed by atoms with Crippen LogP contribution in [-0.4, -0.2) is 37.7 Å². The molecular formula is C23H29ClN4O3S2Si. The maximum atomic E-state index is 12.7. The lowest BCUT2D eigenvalue weighted by molar-refractivity contribution is 0.102. The Labute approximate surface area is 214 Å².